The second-order valence-electron chi connectivity index (χ2n) is 9.70. The summed E-state index contributed by atoms with van der Waals surface area (Å²) in [6, 6.07) is 22.9. The maximum atomic E-state index is 4.18. The maximum absolute atomic E-state index is 4.18. The van der Waals surface area contributed by atoms with Crippen molar-refractivity contribution in [1.29, 1.82) is 0 Å². The normalized spacial score (nSPS) is 14.4. The predicted octanol–water partition coefficient (Wildman–Crippen LogP) is 9.20. The van der Waals surface area contributed by atoms with E-state index in [0.29, 0.717) is 6.17 Å². The molecule has 3 aromatic rings. The Balaban J connectivity index is 0.000000344. The van der Waals surface area contributed by atoms with Crippen LogP contribution in [-0.2, 0) is 6.54 Å². The molecule has 3 nitrogen and oxygen atoms in total. The van der Waals surface area contributed by atoms with E-state index in [9.17, 15) is 0 Å². The topological polar surface area (TPSA) is 19.4 Å². The summed E-state index contributed by atoms with van der Waals surface area (Å²) in [7, 11) is 0. The van der Waals surface area contributed by atoms with Crippen molar-refractivity contribution in [1.82, 2.24) is 14.8 Å². The lowest BCUT2D eigenvalue weighted by molar-refractivity contribution is 0.162. The molecule has 0 saturated carbocycles. The van der Waals surface area contributed by atoms with Gasteiger partial charge in [0.2, 0.25) is 0 Å². The van der Waals surface area contributed by atoms with Gasteiger partial charge in [-0.25, -0.2) is 0 Å². The number of rotatable bonds is 13. The molecular weight excluding hydrogens is 462 g/mol. The van der Waals surface area contributed by atoms with Crippen LogP contribution in [0, 0.1) is 0 Å². The Bertz CT molecular complexity index is 910. The second kappa shape index (κ2) is 17.8. The Labute approximate surface area is 226 Å². The number of hydrogen-bond acceptors (Lipinski definition) is 3. The first-order valence-corrected chi connectivity index (χ1v) is 13.8. The number of benzene rings is 2. The van der Waals surface area contributed by atoms with Crippen molar-refractivity contribution >= 4 is 23.3 Å². The summed E-state index contributed by atoms with van der Waals surface area (Å²) in [5, 5.41) is 1.20. The number of aromatic nitrogens is 1. The third-order valence-corrected chi connectivity index (χ3v) is 6.90. The van der Waals surface area contributed by atoms with Crippen molar-refractivity contribution < 1.29 is 0 Å². The molecule has 0 amide bonds. The van der Waals surface area contributed by atoms with Crippen molar-refractivity contribution in [2.24, 2.45) is 0 Å². The molecule has 4 rings (SSSR count). The molecule has 2 aromatic carbocycles. The molecule has 1 aliphatic rings. The maximum Gasteiger partial charge on any atom is 0.0981 e. The number of pyridine rings is 1. The molecule has 196 valence electrons. The van der Waals surface area contributed by atoms with Gasteiger partial charge in [-0.1, -0.05) is 119 Å². The molecule has 0 spiro atoms. The van der Waals surface area contributed by atoms with E-state index in [4.69, 9.17) is 0 Å². The van der Waals surface area contributed by atoms with Gasteiger partial charge >= 0.3 is 0 Å². The van der Waals surface area contributed by atoms with Gasteiger partial charge in [0.05, 0.1) is 11.7 Å². The number of fused-ring (bicyclic) bond motifs is 1. The van der Waals surface area contributed by atoms with Gasteiger partial charge < -0.3 is 9.80 Å². The van der Waals surface area contributed by atoms with Crippen LogP contribution >= 0.6 is 12.4 Å². The van der Waals surface area contributed by atoms with Crippen LogP contribution in [0.4, 0.5) is 0 Å². The highest BCUT2D eigenvalue weighted by atomic mass is 35.5. The van der Waals surface area contributed by atoms with Gasteiger partial charge in [0, 0.05) is 37.1 Å². The fourth-order valence-corrected chi connectivity index (χ4v) is 4.65. The lowest BCUT2D eigenvalue weighted by Gasteiger charge is -2.30. The quantitative estimate of drug-likeness (QED) is 0.215. The third-order valence-electron chi connectivity index (χ3n) is 6.90. The summed E-state index contributed by atoms with van der Waals surface area (Å²) in [5.74, 6) is 0. The van der Waals surface area contributed by atoms with E-state index in [1.54, 1.807) is 0 Å². The van der Waals surface area contributed by atoms with Crippen molar-refractivity contribution in [3.63, 3.8) is 0 Å². The smallest absolute Gasteiger partial charge is 0.0981 e. The molecule has 0 N–H and O–H groups in total. The number of para-hydroxylation sites is 1. The van der Waals surface area contributed by atoms with Gasteiger partial charge in [-0.3, -0.25) is 4.98 Å². The molecular formula is C32H46ClN3. The fourth-order valence-electron chi connectivity index (χ4n) is 4.65. The van der Waals surface area contributed by atoms with Crippen LogP contribution < -0.4 is 0 Å². The first-order valence-electron chi connectivity index (χ1n) is 13.8. The monoisotopic (exact) mass is 507 g/mol. The summed E-state index contributed by atoms with van der Waals surface area (Å²) < 4.78 is 0. The molecule has 1 atom stereocenters. The van der Waals surface area contributed by atoms with Crippen molar-refractivity contribution in [2.45, 2.75) is 90.8 Å². The Hall–Kier alpha value is -2.52. The van der Waals surface area contributed by atoms with Crippen molar-refractivity contribution in [2.75, 3.05) is 6.54 Å². The Morgan fingerprint density at radius 3 is 1.94 bits per heavy atom. The molecule has 0 bridgehead atoms. The van der Waals surface area contributed by atoms with E-state index < -0.39 is 0 Å². The SMILES string of the molecule is CCCCCCCCCCCCN1C=CN(Cc2ccccc2)C1C.Cl.c1ccc2ncccc2c1. The minimum Gasteiger partial charge on any atom is -0.356 e. The summed E-state index contributed by atoms with van der Waals surface area (Å²) in [6.07, 6.45) is 20.9. The van der Waals surface area contributed by atoms with Crippen LogP contribution in [-0.4, -0.2) is 27.5 Å². The molecule has 1 unspecified atom stereocenters. The van der Waals surface area contributed by atoms with E-state index in [0.717, 1.165) is 12.1 Å². The fraction of sp³-hybridized carbons (Fsp3) is 0.469. The minimum absolute atomic E-state index is 0. The largest absolute Gasteiger partial charge is 0.356 e. The number of hydrogen-bond donors (Lipinski definition) is 0. The summed E-state index contributed by atoms with van der Waals surface area (Å²) in [4.78, 5) is 9.11. The number of unbranched alkanes of at least 4 members (excludes halogenated alkanes) is 9. The Morgan fingerprint density at radius 2 is 1.25 bits per heavy atom. The molecule has 0 aliphatic carbocycles. The molecule has 0 saturated heterocycles. The van der Waals surface area contributed by atoms with Crippen molar-refractivity contribution in [3.8, 4) is 0 Å². The molecule has 0 radical (unpaired) electrons. The zero-order chi connectivity index (χ0) is 24.6. The van der Waals surface area contributed by atoms with E-state index in [1.165, 1.54) is 81.7 Å². The summed E-state index contributed by atoms with van der Waals surface area (Å²) in [5.41, 5.74) is 2.45. The highest BCUT2D eigenvalue weighted by Crippen LogP contribution is 2.20. The summed E-state index contributed by atoms with van der Waals surface area (Å²) >= 11 is 0. The predicted molar refractivity (Wildman–Crippen MR) is 158 cm³/mol. The molecule has 0 fully saturated rings. The van der Waals surface area contributed by atoms with E-state index in [1.807, 2.05) is 30.5 Å². The van der Waals surface area contributed by atoms with Gasteiger partial charge in [0.1, 0.15) is 0 Å². The Kier molecular flexibility index (Phi) is 14.7. The van der Waals surface area contributed by atoms with Crippen LogP contribution in [0.2, 0.25) is 0 Å². The molecule has 4 heteroatoms. The summed E-state index contributed by atoms with van der Waals surface area (Å²) in [6.45, 7) is 6.81. The molecule has 36 heavy (non-hydrogen) atoms. The van der Waals surface area contributed by atoms with Crippen LogP contribution in [0.15, 0.2) is 85.3 Å². The minimum atomic E-state index is 0. The van der Waals surface area contributed by atoms with Gasteiger partial charge in [0.15, 0.2) is 0 Å². The molecule has 1 aliphatic heterocycles. The second-order valence-corrected chi connectivity index (χ2v) is 9.70. The van der Waals surface area contributed by atoms with Crippen LogP contribution in [0.5, 0.6) is 0 Å². The third kappa shape index (κ3) is 10.6. The van der Waals surface area contributed by atoms with Crippen LogP contribution in [0.3, 0.4) is 0 Å². The van der Waals surface area contributed by atoms with E-state index >= 15 is 0 Å². The van der Waals surface area contributed by atoms with Gasteiger partial charge in [0.25, 0.3) is 0 Å². The van der Waals surface area contributed by atoms with Gasteiger partial charge in [-0.05, 0) is 31.0 Å². The number of halogens is 1. The van der Waals surface area contributed by atoms with Gasteiger partial charge in [-0.15, -0.1) is 12.4 Å². The zero-order valence-electron chi connectivity index (χ0n) is 22.4. The molecule has 2 heterocycles. The average molecular weight is 508 g/mol. The first kappa shape index (κ1) is 29.7. The highest BCUT2D eigenvalue weighted by molar-refractivity contribution is 5.85. The Morgan fingerprint density at radius 1 is 0.667 bits per heavy atom. The van der Waals surface area contributed by atoms with E-state index in [-0.39, 0.29) is 12.4 Å². The first-order chi connectivity index (χ1) is 17.3. The highest BCUT2D eigenvalue weighted by Gasteiger charge is 2.21. The number of nitrogens with zero attached hydrogens (tertiary/aromatic N) is 3. The van der Waals surface area contributed by atoms with Crippen LogP contribution in [0.1, 0.15) is 83.6 Å². The standard InChI is InChI=1S/C23H38N2.C9H7N.ClH/c1-3-4-5-6-7-8-9-10-11-15-18-24-19-20-25(22(24)2)21-23-16-13-12-14-17-23;1-2-6-9-8(4-1)5-3-7-10-9;/h12-14,16-17,19-20,22H,3-11,15,18,21H2,1-2H3;1-7H;1H. The van der Waals surface area contributed by atoms with Gasteiger partial charge in [-0.2, -0.15) is 0 Å². The molecule has 1 aromatic heterocycles. The lowest BCUT2D eigenvalue weighted by atomic mass is 10.1. The lowest BCUT2D eigenvalue weighted by Crippen LogP contribution is -2.36. The average Bonchev–Trinajstić information content (AvgIpc) is 3.25. The van der Waals surface area contributed by atoms with Crippen LogP contribution in [0.25, 0.3) is 10.9 Å². The van der Waals surface area contributed by atoms with E-state index in [2.05, 4.69) is 83.5 Å². The van der Waals surface area contributed by atoms with Crippen molar-refractivity contribution in [3.05, 3.63) is 90.9 Å². The zero-order valence-corrected chi connectivity index (χ0v) is 23.2.